The Labute approximate surface area is 171 Å². The summed E-state index contributed by atoms with van der Waals surface area (Å²) in [6, 6.07) is 22.0. The molecule has 150 valence electrons. The summed E-state index contributed by atoms with van der Waals surface area (Å²) in [5.41, 5.74) is 2.30. The van der Waals surface area contributed by atoms with Gasteiger partial charge < -0.3 is 20.2 Å². The molecule has 1 amide bonds. The van der Waals surface area contributed by atoms with Gasteiger partial charge in [0.25, 0.3) is 0 Å². The van der Waals surface area contributed by atoms with Crippen LogP contribution in [-0.4, -0.2) is 48.6 Å². The first-order chi connectivity index (χ1) is 14.1. The van der Waals surface area contributed by atoms with Gasteiger partial charge >= 0.3 is 0 Å². The van der Waals surface area contributed by atoms with Gasteiger partial charge in [-0.25, -0.2) is 0 Å². The van der Waals surface area contributed by atoms with E-state index in [0.29, 0.717) is 19.6 Å². The number of amides is 1. The van der Waals surface area contributed by atoms with Crippen LogP contribution in [0.3, 0.4) is 0 Å². The van der Waals surface area contributed by atoms with Crippen molar-refractivity contribution in [3.8, 4) is 5.75 Å². The highest BCUT2D eigenvalue weighted by Crippen LogP contribution is 2.24. The maximum absolute atomic E-state index is 12.7. The molecule has 0 radical (unpaired) electrons. The van der Waals surface area contributed by atoms with Crippen molar-refractivity contribution in [2.24, 2.45) is 0 Å². The highest BCUT2D eigenvalue weighted by Gasteiger charge is 2.21. The molecule has 3 aromatic carbocycles. The second-order valence-corrected chi connectivity index (χ2v) is 7.56. The van der Waals surface area contributed by atoms with Crippen LogP contribution < -0.4 is 10.2 Å². The number of aromatic hydroxyl groups is 1. The summed E-state index contributed by atoms with van der Waals surface area (Å²) in [6.45, 7) is 5.47. The zero-order valence-corrected chi connectivity index (χ0v) is 16.7. The number of anilines is 1. The lowest BCUT2D eigenvalue weighted by Gasteiger charge is -2.36. The number of piperazine rings is 1. The van der Waals surface area contributed by atoms with E-state index in [1.165, 1.54) is 16.3 Å². The molecule has 0 spiro atoms. The number of phenols is 1. The first kappa shape index (κ1) is 19.3. The van der Waals surface area contributed by atoms with Crippen LogP contribution in [0.25, 0.3) is 10.8 Å². The Balaban J connectivity index is 1.31. The third-order valence-corrected chi connectivity index (χ3v) is 5.70. The molecule has 4 rings (SSSR count). The van der Waals surface area contributed by atoms with Crippen molar-refractivity contribution in [3.63, 3.8) is 0 Å². The van der Waals surface area contributed by atoms with Gasteiger partial charge in [0, 0.05) is 37.9 Å². The number of nitrogens with zero attached hydrogens (tertiary/aromatic N) is 2. The number of fused-ring (bicyclic) bond motifs is 1. The molecule has 1 fully saturated rings. The fourth-order valence-electron chi connectivity index (χ4n) is 3.97. The van der Waals surface area contributed by atoms with Crippen molar-refractivity contribution in [2.45, 2.75) is 13.0 Å². The Morgan fingerprint density at radius 2 is 1.66 bits per heavy atom. The zero-order valence-electron chi connectivity index (χ0n) is 16.7. The van der Waals surface area contributed by atoms with Crippen LogP contribution in [0, 0.1) is 0 Å². The van der Waals surface area contributed by atoms with Crippen LogP contribution in [0.4, 0.5) is 5.69 Å². The Kier molecular flexibility index (Phi) is 5.67. The summed E-state index contributed by atoms with van der Waals surface area (Å²) in [5, 5.41) is 15.3. The molecule has 1 aliphatic heterocycles. The number of carbonyl (C=O) groups excluding carboxylic acids is 1. The second-order valence-electron chi connectivity index (χ2n) is 7.56. The quantitative estimate of drug-likeness (QED) is 0.701. The lowest BCUT2D eigenvalue weighted by Crippen LogP contribution is -2.51. The van der Waals surface area contributed by atoms with Crippen molar-refractivity contribution < 1.29 is 9.90 Å². The smallest absolute Gasteiger partial charge is 0.236 e. The minimum Gasteiger partial charge on any atom is -0.508 e. The molecular formula is C24H27N3O2. The molecule has 1 saturated heterocycles. The summed E-state index contributed by atoms with van der Waals surface area (Å²) in [5.74, 6) is 0.413. The van der Waals surface area contributed by atoms with Crippen LogP contribution in [0.1, 0.15) is 18.5 Å². The summed E-state index contributed by atoms with van der Waals surface area (Å²) >= 11 is 0. The fraction of sp³-hybridized carbons (Fsp3) is 0.292. The first-order valence-electron chi connectivity index (χ1n) is 10.1. The van der Waals surface area contributed by atoms with Crippen molar-refractivity contribution in [2.75, 3.05) is 37.6 Å². The number of phenolic OH excluding ortho intramolecular Hbond substituents is 1. The molecule has 1 heterocycles. The van der Waals surface area contributed by atoms with Crippen LogP contribution in [-0.2, 0) is 4.79 Å². The minimum absolute atomic E-state index is 0.100. The molecule has 0 unspecified atom stereocenters. The Morgan fingerprint density at radius 1 is 0.966 bits per heavy atom. The normalized spacial score (nSPS) is 15.5. The van der Waals surface area contributed by atoms with Crippen molar-refractivity contribution in [1.82, 2.24) is 10.2 Å². The van der Waals surface area contributed by atoms with E-state index in [1.54, 1.807) is 12.1 Å². The van der Waals surface area contributed by atoms with E-state index in [4.69, 9.17) is 0 Å². The molecule has 1 aliphatic rings. The predicted molar refractivity (Wildman–Crippen MR) is 117 cm³/mol. The van der Waals surface area contributed by atoms with E-state index in [2.05, 4.69) is 53.5 Å². The second kappa shape index (κ2) is 8.53. The average molecular weight is 389 g/mol. The summed E-state index contributed by atoms with van der Waals surface area (Å²) in [4.78, 5) is 16.9. The number of carbonyl (C=O) groups is 1. The molecule has 5 nitrogen and oxygen atoms in total. The van der Waals surface area contributed by atoms with Gasteiger partial charge in [-0.1, -0.05) is 42.5 Å². The fourth-order valence-corrected chi connectivity index (χ4v) is 3.97. The lowest BCUT2D eigenvalue weighted by molar-refractivity contribution is -0.130. The summed E-state index contributed by atoms with van der Waals surface area (Å²) < 4.78 is 0. The number of nitrogens with one attached hydrogen (secondary N) is 1. The van der Waals surface area contributed by atoms with E-state index in [9.17, 15) is 9.90 Å². The van der Waals surface area contributed by atoms with Crippen molar-refractivity contribution in [1.29, 1.82) is 0 Å². The summed E-state index contributed by atoms with van der Waals surface area (Å²) in [6.07, 6.45) is 0. The van der Waals surface area contributed by atoms with Gasteiger partial charge in [0.15, 0.2) is 0 Å². The molecule has 3 aromatic rings. The molecular weight excluding hydrogens is 362 g/mol. The molecule has 29 heavy (non-hydrogen) atoms. The van der Waals surface area contributed by atoms with E-state index < -0.39 is 0 Å². The van der Waals surface area contributed by atoms with Gasteiger partial charge in [0.1, 0.15) is 5.75 Å². The maximum atomic E-state index is 12.7. The van der Waals surface area contributed by atoms with E-state index in [0.717, 1.165) is 18.8 Å². The molecule has 2 N–H and O–H groups in total. The molecule has 1 atom stereocenters. The molecule has 0 aromatic heterocycles. The van der Waals surface area contributed by atoms with Crippen LogP contribution in [0.15, 0.2) is 66.7 Å². The van der Waals surface area contributed by atoms with Crippen LogP contribution in [0.2, 0.25) is 0 Å². The third kappa shape index (κ3) is 4.35. The summed E-state index contributed by atoms with van der Waals surface area (Å²) in [7, 11) is 0. The van der Waals surface area contributed by atoms with Crippen molar-refractivity contribution in [3.05, 3.63) is 72.3 Å². The third-order valence-electron chi connectivity index (χ3n) is 5.70. The minimum atomic E-state index is 0.100. The lowest BCUT2D eigenvalue weighted by atomic mass is 10.00. The predicted octanol–water partition coefficient (Wildman–Crippen LogP) is 3.54. The van der Waals surface area contributed by atoms with E-state index in [-0.39, 0.29) is 17.7 Å². The molecule has 5 heteroatoms. The number of hydrogen-bond acceptors (Lipinski definition) is 4. The topological polar surface area (TPSA) is 55.8 Å². The number of hydrogen-bond donors (Lipinski definition) is 2. The van der Waals surface area contributed by atoms with Gasteiger partial charge in [-0.05, 0) is 47.5 Å². The van der Waals surface area contributed by atoms with Gasteiger partial charge in [0.05, 0.1) is 6.54 Å². The Bertz CT molecular complexity index is 974. The Hall–Kier alpha value is -3.05. The highest BCUT2D eigenvalue weighted by molar-refractivity contribution is 5.86. The highest BCUT2D eigenvalue weighted by atomic mass is 16.3. The van der Waals surface area contributed by atoms with Gasteiger partial charge in [-0.2, -0.15) is 0 Å². The first-order valence-corrected chi connectivity index (χ1v) is 10.1. The van der Waals surface area contributed by atoms with E-state index in [1.807, 2.05) is 23.1 Å². The SMILES string of the molecule is C[C@@H](NCC(=O)N1CCN(c2ccc(O)cc2)CC1)c1cccc2ccccc12. The zero-order chi connectivity index (χ0) is 20.2. The van der Waals surface area contributed by atoms with Gasteiger partial charge in [-0.3, -0.25) is 4.79 Å². The molecule has 0 bridgehead atoms. The van der Waals surface area contributed by atoms with Crippen molar-refractivity contribution >= 4 is 22.4 Å². The standard InChI is InChI=1S/C24H27N3O2/c1-18(22-8-4-6-19-5-2-3-7-23(19)22)25-17-24(29)27-15-13-26(14-16-27)20-9-11-21(28)12-10-20/h2-12,18,25,28H,13-17H2,1H3/t18-/m1/s1. The Morgan fingerprint density at radius 3 is 2.41 bits per heavy atom. The maximum Gasteiger partial charge on any atom is 0.236 e. The van der Waals surface area contributed by atoms with Gasteiger partial charge in [0.2, 0.25) is 5.91 Å². The van der Waals surface area contributed by atoms with Crippen LogP contribution >= 0.6 is 0 Å². The van der Waals surface area contributed by atoms with E-state index >= 15 is 0 Å². The molecule has 0 aliphatic carbocycles. The van der Waals surface area contributed by atoms with Gasteiger partial charge in [-0.15, -0.1) is 0 Å². The monoisotopic (exact) mass is 389 g/mol. The van der Waals surface area contributed by atoms with Crippen LogP contribution in [0.5, 0.6) is 5.75 Å². The largest absolute Gasteiger partial charge is 0.508 e. The number of benzene rings is 3. The average Bonchev–Trinajstić information content (AvgIpc) is 2.77. The number of rotatable bonds is 5. The molecule has 0 saturated carbocycles.